The zero-order valence-electron chi connectivity index (χ0n) is 19.6. The normalized spacial score (nSPS) is 20.1. The number of carbonyl (C=O) groups is 1. The first-order valence-electron chi connectivity index (χ1n) is 11.8. The quantitative estimate of drug-likeness (QED) is 0.515. The maximum atomic E-state index is 13.4. The number of rotatable bonds is 9. The van der Waals surface area contributed by atoms with Gasteiger partial charge in [0.05, 0.1) is 10.8 Å². The zero-order chi connectivity index (χ0) is 24.1. The molecule has 1 aliphatic carbocycles. The Labute approximate surface area is 200 Å². The Balaban J connectivity index is 1.54. The van der Waals surface area contributed by atoms with Gasteiger partial charge in [-0.15, -0.1) is 6.58 Å². The first-order valence-corrected chi connectivity index (χ1v) is 13.4. The molecule has 0 bridgehead atoms. The summed E-state index contributed by atoms with van der Waals surface area (Å²) in [6, 6.07) is 6.74. The Morgan fingerprint density at radius 3 is 2.47 bits per heavy atom. The van der Waals surface area contributed by atoms with Gasteiger partial charge in [-0.2, -0.15) is 0 Å². The van der Waals surface area contributed by atoms with Gasteiger partial charge in [-0.05, 0) is 47.5 Å². The second kappa shape index (κ2) is 10.7. The second-order valence-corrected chi connectivity index (χ2v) is 11.3. The highest BCUT2D eigenvalue weighted by atomic mass is 32.2. The summed E-state index contributed by atoms with van der Waals surface area (Å²) < 4.78 is 26.8. The Kier molecular flexibility index (Phi) is 7.74. The molecule has 0 spiro atoms. The molecule has 2 fully saturated rings. The van der Waals surface area contributed by atoms with Crippen LogP contribution in [-0.4, -0.2) is 83.3 Å². The number of aromatic nitrogens is 4. The van der Waals surface area contributed by atoms with Gasteiger partial charge in [0.15, 0.2) is 9.84 Å². The van der Waals surface area contributed by atoms with E-state index >= 15 is 0 Å². The number of benzene rings is 1. The van der Waals surface area contributed by atoms with Crippen LogP contribution in [0.1, 0.15) is 43.6 Å². The second-order valence-electron chi connectivity index (χ2n) is 9.26. The fraction of sp³-hybridized carbons (Fsp3) is 0.565. The van der Waals surface area contributed by atoms with Gasteiger partial charge in [0, 0.05) is 26.2 Å². The minimum absolute atomic E-state index is 0.196. The molecule has 1 saturated carbocycles. The maximum Gasteiger partial charge on any atom is 0.246 e. The van der Waals surface area contributed by atoms with Gasteiger partial charge in [0.25, 0.3) is 0 Å². The zero-order valence-corrected chi connectivity index (χ0v) is 20.4. The van der Waals surface area contributed by atoms with E-state index in [1.807, 2.05) is 11.9 Å². The van der Waals surface area contributed by atoms with E-state index in [9.17, 15) is 13.2 Å². The van der Waals surface area contributed by atoms with E-state index in [0.717, 1.165) is 31.5 Å². The summed E-state index contributed by atoms with van der Waals surface area (Å²) in [7, 11) is -1.60. The monoisotopic (exact) mass is 487 g/mol. The number of nitrogens with zero attached hydrogens (tertiary/aromatic N) is 5. The number of hydrogen-bond donors (Lipinski definition) is 2. The SMILES string of the molecule is C=CC(N1CCN(C)CC1)S(=O)(=O)c1ccc(C(CC2CCCC2)C(=O)Nc2nnn[nH]2)cc1. The van der Waals surface area contributed by atoms with E-state index in [1.165, 1.54) is 18.9 Å². The number of anilines is 1. The van der Waals surface area contributed by atoms with Gasteiger partial charge in [-0.1, -0.05) is 49.0 Å². The molecule has 2 atom stereocenters. The topological polar surface area (TPSA) is 124 Å². The van der Waals surface area contributed by atoms with Gasteiger partial charge in [0.2, 0.25) is 11.9 Å². The molecule has 2 heterocycles. The van der Waals surface area contributed by atoms with Gasteiger partial charge < -0.3 is 4.90 Å². The van der Waals surface area contributed by atoms with Crippen LogP contribution in [0.3, 0.4) is 0 Å². The molecule has 1 amide bonds. The Hall–Kier alpha value is -2.63. The largest absolute Gasteiger partial charge is 0.304 e. The lowest BCUT2D eigenvalue weighted by molar-refractivity contribution is -0.118. The number of carbonyl (C=O) groups excluding carboxylic acids is 1. The molecule has 34 heavy (non-hydrogen) atoms. The van der Waals surface area contributed by atoms with Crippen molar-refractivity contribution in [3.05, 3.63) is 42.5 Å². The summed E-state index contributed by atoms with van der Waals surface area (Å²) in [5, 5.41) is 15.3. The van der Waals surface area contributed by atoms with Crippen molar-refractivity contribution in [3.8, 4) is 0 Å². The number of tetrazole rings is 1. The highest BCUT2D eigenvalue weighted by Crippen LogP contribution is 2.35. The van der Waals surface area contributed by atoms with E-state index in [2.05, 4.69) is 37.4 Å². The molecule has 2 unspecified atom stereocenters. The molecule has 1 aromatic heterocycles. The number of hydrogen-bond acceptors (Lipinski definition) is 8. The van der Waals surface area contributed by atoms with Crippen molar-refractivity contribution in [2.24, 2.45) is 5.92 Å². The fourth-order valence-electron chi connectivity index (χ4n) is 4.97. The first kappa shape index (κ1) is 24.5. The molecule has 0 radical (unpaired) electrons. The van der Waals surface area contributed by atoms with E-state index < -0.39 is 21.1 Å². The predicted molar refractivity (Wildman–Crippen MR) is 129 cm³/mol. The summed E-state index contributed by atoms with van der Waals surface area (Å²) in [5.41, 5.74) is 0.783. The molecular weight excluding hydrogens is 454 g/mol. The summed E-state index contributed by atoms with van der Waals surface area (Å²) in [5.74, 6) is 0.0382. The summed E-state index contributed by atoms with van der Waals surface area (Å²) in [4.78, 5) is 17.5. The van der Waals surface area contributed by atoms with Crippen LogP contribution in [-0.2, 0) is 14.6 Å². The minimum Gasteiger partial charge on any atom is -0.304 e. The molecule has 2 aromatic rings. The van der Waals surface area contributed by atoms with Crippen LogP contribution in [0.15, 0.2) is 41.8 Å². The third-order valence-electron chi connectivity index (χ3n) is 6.98. The Morgan fingerprint density at radius 2 is 1.88 bits per heavy atom. The number of aromatic amines is 1. The molecule has 4 rings (SSSR count). The Morgan fingerprint density at radius 1 is 1.21 bits per heavy atom. The van der Waals surface area contributed by atoms with Crippen molar-refractivity contribution in [3.63, 3.8) is 0 Å². The van der Waals surface area contributed by atoms with Crippen molar-refractivity contribution in [1.82, 2.24) is 30.4 Å². The van der Waals surface area contributed by atoms with Crippen molar-refractivity contribution in [2.75, 3.05) is 38.5 Å². The molecule has 2 N–H and O–H groups in total. The number of H-pyrrole nitrogens is 1. The van der Waals surface area contributed by atoms with E-state index in [0.29, 0.717) is 25.4 Å². The smallest absolute Gasteiger partial charge is 0.246 e. The highest BCUT2D eigenvalue weighted by Gasteiger charge is 2.33. The third kappa shape index (κ3) is 5.53. The van der Waals surface area contributed by atoms with Gasteiger partial charge in [-0.3, -0.25) is 15.0 Å². The number of likely N-dealkylation sites (N-methyl/N-ethyl adjacent to an activating group) is 1. The van der Waals surface area contributed by atoms with Gasteiger partial charge >= 0.3 is 0 Å². The van der Waals surface area contributed by atoms with Crippen molar-refractivity contribution in [2.45, 2.75) is 48.3 Å². The summed E-state index contributed by atoms with van der Waals surface area (Å²) in [6.07, 6.45) is 6.78. The van der Waals surface area contributed by atoms with Crippen LogP contribution in [0.4, 0.5) is 5.95 Å². The first-order chi connectivity index (χ1) is 16.4. The Bertz CT molecular complexity index is 1060. The van der Waals surface area contributed by atoms with Gasteiger partial charge in [-0.25, -0.2) is 13.5 Å². The van der Waals surface area contributed by atoms with E-state index in [4.69, 9.17) is 0 Å². The molecule has 1 aliphatic heterocycles. The van der Waals surface area contributed by atoms with Crippen molar-refractivity contribution in [1.29, 1.82) is 0 Å². The summed E-state index contributed by atoms with van der Waals surface area (Å²) in [6.45, 7) is 6.78. The van der Waals surface area contributed by atoms with Crippen LogP contribution in [0.2, 0.25) is 0 Å². The van der Waals surface area contributed by atoms with E-state index in [1.54, 1.807) is 24.3 Å². The maximum absolute atomic E-state index is 13.4. The predicted octanol–water partition coefficient (Wildman–Crippen LogP) is 2.04. The lowest BCUT2D eigenvalue weighted by Gasteiger charge is -2.36. The number of piperazine rings is 1. The number of sulfone groups is 1. The number of amides is 1. The molecule has 10 nitrogen and oxygen atoms in total. The molecule has 1 aromatic carbocycles. The fourth-order valence-corrected chi connectivity index (χ4v) is 6.62. The molecule has 1 saturated heterocycles. The summed E-state index contributed by atoms with van der Waals surface area (Å²) >= 11 is 0. The van der Waals surface area contributed by atoms with E-state index in [-0.39, 0.29) is 16.8 Å². The van der Waals surface area contributed by atoms with Crippen LogP contribution in [0.25, 0.3) is 0 Å². The van der Waals surface area contributed by atoms with Crippen LogP contribution in [0.5, 0.6) is 0 Å². The standard InChI is InChI=1S/C23H33N7O3S/c1-3-21(30-14-12-29(2)13-15-30)34(32,33)19-10-8-18(9-11-19)20(16-17-6-4-5-7-17)22(31)24-23-25-27-28-26-23/h3,8-11,17,20-21H,1,4-7,12-16H2,2H3,(H2,24,25,26,27,28,31). The number of nitrogens with one attached hydrogen (secondary N) is 2. The molecule has 11 heteroatoms. The van der Waals surface area contributed by atoms with Crippen LogP contribution < -0.4 is 5.32 Å². The lowest BCUT2D eigenvalue weighted by Crippen LogP contribution is -2.50. The molecule has 184 valence electrons. The van der Waals surface area contributed by atoms with Gasteiger partial charge in [0.1, 0.15) is 5.37 Å². The average Bonchev–Trinajstić information content (AvgIpc) is 3.53. The van der Waals surface area contributed by atoms with Crippen molar-refractivity contribution < 1.29 is 13.2 Å². The molecule has 2 aliphatic rings. The van der Waals surface area contributed by atoms with Crippen LogP contribution in [0, 0.1) is 5.92 Å². The van der Waals surface area contributed by atoms with Crippen molar-refractivity contribution >= 4 is 21.7 Å². The third-order valence-corrected chi connectivity index (χ3v) is 9.03. The highest BCUT2D eigenvalue weighted by molar-refractivity contribution is 7.92. The average molecular weight is 488 g/mol. The van der Waals surface area contributed by atoms with Crippen LogP contribution >= 0.6 is 0 Å². The lowest BCUT2D eigenvalue weighted by atomic mass is 9.87. The molecular formula is C23H33N7O3S. The minimum atomic E-state index is -3.64.